The fourth-order valence-corrected chi connectivity index (χ4v) is 6.92. The quantitative estimate of drug-likeness (QED) is 0.433. The van der Waals surface area contributed by atoms with Crippen LogP contribution in [0.1, 0.15) is 90.2 Å². The highest BCUT2D eigenvalue weighted by Crippen LogP contribution is 2.54. The third-order valence-corrected chi connectivity index (χ3v) is 9.45. The number of benzene rings is 2. The number of imidazole rings is 1. The Hall–Kier alpha value is -3.58. The van der Waals surface area contributed by atoms with Crippen LogP contribution in [0.2, 0.25) is 0 Å². The van der Waals surface area contributed by atoms with Crippen molar-refractivity contribution in [2.24, 2.45) is 11.7 Å². The zero-order chi connectivity index (χ0) is 25.1. The summed E-state index contributed by atoms with van der Waals surface area (Å²) in [5.41, 5.74) is 13.6. The molecule has 37 heavy (non-hydrogen) atoms. The van der Waals surface area contributed by atoms with Gasteiger partial charge in [-0.3, -0.25) is 4.79 Å². The van der Waals surface area contributed by atoms with Crippen LogP contribution < -0.4 is 5.73 Å². The Bertz CT molecular complexity index is 1600. The van der Waals surface area contributed by atoms with Crippen molar-refractivity contribution in [3.63, 3.8) is 0 Å². The lowest BCUT2D eigenvalue weighted by atomic mass is 9.77. The first kappa shape index (κ1) is 21.5. The number of carbonyl (C=O) groups is 1. The lowest BCUT2D eigenvalue weighted by Crippen LogP contribution is -2.44. The molecular formula is C30H30N6O. The van der Waals surface area contributed by atoms with Gasteiger partial charge in [0.25, 0.3) is 5.91 Å². The molecule has 2 aromatic carbocycles. The summed E-state index contributed by atoms with van der Waals surface area (Å²) in [6, 6.07) is 12.8. The van der Waals surface area contributed by atoms with E-state index in [2.05, 4.69) is 51.8 Å². The molecule has 2 N–H and O–H groups in total. The van der Waals surface area contributed by atoms with E-state index in [1.807, 2.05) is 30.4 Å². The smallest absolute Gasteiger partial charge is 0.254 e. The summed E-state index contributed by atoms with van der Waals surface area (Å²) in [6.45, 7) is 2.31. The minimum absolute atomic E-state index is 0.0314. The van der Waals surface area contributed by atoms with Crippen molar-refractivity contribution in [3.05, 3.63) is 77.1 Å². The van der Waals surface area contributed by atoms with E-state index in [0.717, 1.165) is 65.1 Å². The van der Waals surface area contributed by atoms with E-state index < -0.39 is 0 Å². The Balaban J connectivity index is 1.28. The van der Waals surface area contributed by atoms with Crippen LogP contribution in [0.15, 0.2) is 48.8 Å². The molecular weight excluding hydrogens is 460 g/mol. The van der Waals surface area contributed by atoms with Crippen LogP contribution in [0.5, 0.6) is 0 Å². The van der Waals surface area contributed by atoms with Crippen LogP contribution in [-0.2, 0) is 5.54 Å². The third kappa shape index (κ3) is 2.92. The summed E-state index contributed by atoms with van der Waals surface area (Å²) in [6.07, 6.45) is 8.89. The number of fused-ring (bicyclic) bond motifs is 9. The SMILES string of the molecule is C[C@@H]1C[C@@H]1c1cccc2c1[C@H]1C[C@H](c3nc4ccc(-c5cnc(C6(N)CCC6)nc5)cc4n31)N(C)C2=O. The Labute approximate surface area is 215 Å². The monoisotopic (exact) mass is 490 g/mol. The van der Waals surface area contributed by atoms with Gasteiger partial charge in [-0.15, -0.1) is 0 Å². The Morgan fingerprint density at radius 2 is 1.81 bits per heavy atom. The van der Waals surface area contributed by atoms with E-state index in [4.69, 9.17) is 10.7 Å². The third-order valence-electron chi connectivity index (χ3n) is 9.45. The second-order valence-corrected chi connectivity index (χ2v) is 11.7. The Kier molecular flexibility index (Phi) is 4.22. The highest BCUT2D eigenvalue weighted by Gasteiger charge is 2.46. The summed E-state index contributed by atoms with van der Waals surface area (Å²) >= 11 is 0. The molecule has 7 heteroatoms. The van der Waals surface area contributed by atoms with Gasteiger partial charge in [-0.25, -0.2) is 15.0 Å². The van der Waals surface area contributed by atoms with Crippen LogP contribution in [0.3, 0.4) is 0 Å². The molecule has 7 nitrogen and oxygen atoms in total. The molecule has 0 radical (unpaired) electrons. The summed E-state index contributed by atoms with van der Waals surface area (Å²) < 4.78 is 2.40. The maximum Gasteiger partial charge on any atom is 0.254 e. The first-order valence-electron chi connectivity index (χ1n) is 13.5. The van der Waals surface area contributed by atoms with Gasteiger partial charge in [0.2, 0.25) is 0 Å². The molecule has 2 aliphatic carbocycles. The number of carbonyl (C=O) groups excluding carboxylic acids is 1. The molecule has 2 fully saturated rings. The van der Waals surface area contributed by atoms with Gasteiger partial charge in [0, 0.05) is 37.0 Å². The highest BCUT2D eigenvalue weighted by molar-refractivity contribution is 5.97. The number of hydrogen-bond acceptors (Lipinski definition) is 5. The van der Waals surface area contributed by atoms with Crippen molar-refractivity contribution in [1.29, 1.82) is 0 Å². The minimum Gasteiger partial charge on any atom is -0.331 e. The van der Waals surface area contributed by atoms with Crippen molar-refractivity contribution in [1.82, 2.24) is 24.4 Å². The second kappa shape index (κ2) is 7.25. The number of nitrogens with zero attached hydrogens (tertiary/aromatic N) is 5. The lowest BCUT2D eigenvalue weighted by Gasteiger charge is -2.36. The average Bonchev–Trinajstić information content (AvgIpc) is 3.38. The molecule has 4 heterocycles. The first-order chi connectivity index (χ1) is 17.9. The maximum absolute atomic E-state index is 13.6. The van der Waals surface area contributed by atoms with Crippen molar-refractivity contribution in [2.75, 3.05) is 7.05 Å². The van der Waals surface area contributed by atoms with Gasteiger partial charge in [-0.05, 0) is 72.4 Å². The van der Waals surface area contributed by atoms with Gasteiger partial charge >= 0.3 is 0 Å². The zero-order valence-corrected chi connectivity index (χ0v) is 21.2. The van der Waals surface area contributed by atoms with E-state index in [1.165, 1.54) is 17.5 Å². The number of hydrogen-bond donors (Lipinski definition) is 1. The topological polar surface area (TPSA) is 89.9 Å². The maximum atomic E-state index is 13.6. The van der Waals surface area contributed by atoms with Crippen molar-refractivity contribution in [3.8, 4) is 11.1 Å². The first-order valence-corrected chi connectivity index (χ1v) is 13.5. The molecule has 4 atom stereocenters. The fourth-order valence-electron chi connectivity index (χ4n) is 6.92. The van der Waals surface area contributed by atoms with Crippen molar-refractivity contribution in [2.45, 2.75) is 62.6 Å². The summed E-state index contributed by atoms with van der Waals surface area (Å²) in [4.78, 5) is 29.8. The number of amides is 1. The number of nitrogens with two attached hydrogens (primary N) is 1. The molecule has 8 rings (SSSR count). The molecule has 1 amide bonds. The summed E-state index contributed by atoms with van der Waals surface area (Å²) in [5.74, 6) is 3.04. The lowest BCUT2D eigenvalue weighted by molar-refractivity contribution is 0.0734. The minimum atomic E-state index is -0.363. The predicted molar refractivity (Wildman–Crippen MR) is 141 cm³/mol. The van der Waals surface area contributed by atoms with Gasteiger partial charge < -0.3 is 15.2 Å². The van der Waals surface area contributed by atoms with Gasteiger partial charge in [0.1, 0.15) is 11.6 Å². The average molecular weight is 491 g/mol. The predicted octanol–water partition coefficient (Wildman–Crippen LogP) is 5.07. The molecule has 2 saturated carbocycles. The highest BCUT2D eigenvalue weighted by atomic mass is 16.2. The van der Waals surface area contributed by atoms with Gasteiger partial charge in [0.05, 0.1) is 28.7 Å². The van der Waals surface area contributed by atoms with Crippen LogP contribution in [0.4, 0.5) is 0 Å². The van der Waals surface area contributed by atoms with Crippen LogP contribution >= 0.6 is 0 Å². The van der Waals surface area contributed by atoms with E-state index in [1.54, 1.807) is 0 Å². The summed E-state index contributed by atoms with van der Waals surface area (Å²) in [5, 5.41) is 0. The van der Waals surface area contributed by atoms with Crippen LogP contribution in [0, 0.1) is 5.92 Å². The normalized spacial score (nSPS) is 27.0. The Morgan fingerprint density at radius 1 is 1.03 bits per heavy atom. The van der Waals surface area contributed by atoms with Crippen molar-refractivity contribution >= 4 is 16.9 Å². The molecule has 2 aliphatic heterocycles. The van der Waals surface area contributed by atoms with Crippen molar-refractivity contribution < 1.29 is 4.79 Å². The van der Waals surface area contributed by atoms with E-state index in [0.29, 0.717) is 11.8 Å². The van der Waals surface area contributed by atoms with E-state index >= 15 is 0 Å². The second-order valence-electron chi connectivity index (χ2n) is 11.7. The van der Waals surface area contributed by atoms with Crippen LogP contribution in [-0.4, -0.2) is 37.4 Å². The molecule has 0 saturated heterocycles. The van der Waals surface area contributed by atoms with Gasteiger partial charge in [0.15, 0.2) is 0 Å². The number of aromatic nitrogens is 4. The summed E-state index contributed by atoms with van der Waals surface area (Å²) in [7, 11) is 1.93. The van der Waals surface area contributed by atoms with E-state index in [-0.39, 0.29) is 23.5 Å². The number of rotatable bonds is 3. The van der Waals surface area contributed by atoms with Gasteiger partial charge in [-0.1, -0.05) is 25.1 Å². The largest absolute Gasteiger partial charge is 0.331 e. The Morgan fingerprint density at radius 3 is 2.51 bits per heavy atom. The molecule has 2 bridgehead atoms. The molecule has 0 unspecified atom stereocenters. The molecule has 186 valence electrons. The van der Waals surface area contributed by atoms with Gasteiger partial charge in [-0.2, -0.15) is 0 Å². The molecule has 4 aliphatic rings. The molecule has 0 spiro atoms. The van der Waals surface area contributed by atoms with Crippen LogP contribution in [0.25, 0.3) is 22.2 Å². The molecule has 4 aromatic rings. The van der Waals surface area contributed by atoms with E-state index in [9.17, 15) is 4.79 Å². The molecule has 2 aromatic heterocycles. The standard InChI is InChI=1S/C30H30N6O/c1-16-11-21(16)19-5-3-6-20-26(19)24-13-25(35(2)28(20)37)27-34-22-8-7-17(12-23(22)36(24)27)18-14-32-29(33-15-18)30(31)9-4-10-30/h3,5-8,12,14-16,21,24-25H,4,9-11,13,31H2,1-2H3/t16-,21+,24-,25-/m1/s1. The fraction of sp³-hybridized carbons (Fsp3) is 0.400. The zero-order valence-electron chi connectivity index (χ0n) is 21.2.